The molecule has 0 bridgehead atoms. The first-order valence-electron chi connectivity index (χ1n) is 6.24. The van der Waals surface area contributed by atoms with Crippen LogP contribution in [-0.2, 0) is 4.79 Å². The maximum atomic E-state index is 12.3. The van der Waals surface area contributed by atoms with Crippen molar-refractivity contribution in [2.45, 2.75) is 31.6 Å². The van der Waals surface area contributed by atoms with E-state index in [1.54, 1.807) is 5.32 Å². The van der Waals surface area contributed by atoms with Gasteiger partial charge in [0.25, 0.3) is 0 Å². The van der Waals surface area contributed by atoms with Crippen molar-refractivity contribution in [2.75, 3.05) is 19.6 Å². The monoisotopic (exact) mass is 306 g/mol. The number of amides is 1. The molecule has 1 unspecified atom stereocenters. The van der Waals surface area contributed by atoms with Crippen LogP contribution in [0.1, 0.15) is 19.3 Å². The zero-order chi connectivity index (χ0) is 15.4. The van der Waals surface area contributed by atoms with Crippen LogP contribution in [0.15, 0.2) is 0 Å². The molecule has 1 amide bonds. The number of hydrogen-bond acceptors (Lipinski definition) is 2. The lowest BCUT2D eigenvalue weighted by Gasteiger charge is -2.24. The van der Waals surface area contributed by atoms with E-state index in [9.17, 15) is 31.1 Å². The standard InChI is InChI=1S/C11H16F6N2O/c12-10(13,14)8(11(15,16)17)9(20)19-5-3-7-2-1-4-18-6-7/h7-8,18H,1-6H2,(H,19,20). The van der Waals surface area contributed by atoms with Crippen molar-refractivity contribution < 1.29 is 31.1 Å². The number of carbonyl (C=O) groups is 1. The molecule has 1 heterocycles. The summed E-state index contributed by atoms with van der Waals surface area (Å²) < 4.78 is 73.5. The van der Waals surface area contributed by atoms with Crippen LogP contribution in [0.25, 0.3) is 0 Å². The van der Waals surface area contributed by atoms with Crippen LogP contribution in [0, 0.1) is 11.8 Å². The molecule has 1 saturated heterocycles. The Morgan fingerprint density at radius 3 is 2.25 bits per heavy atom. The number of halogens is 6. The summed E-state index contributed by atoms with van der Waals surface area (Å²) >= 11 is 0. The SMILES string of the molecule is O=C(NCCC1CCCNC1)C(C(F)(F)F)C(F)(F)F. The highest BCUT2D eigenvalue weighted by molar-refractivity contribution is 5.80. The van der Waals surface area contributed by atoms with Crippen LogP contribution in [0.4, 0.5) is 26.3 Å². The zero-order valence-corrected chi connectivity index (χ0v) is 10.6. The number of carbonyl (C=O) groups excluding carboxylic acids is 1. The predicted molar refractivity (Wildman–Crippen MR) is 58.8 cm³/mol. The van der Waals surface area contributed by atoms with Gasteiger partial charge >= 0.3 is 12.4 Å². The molecular formula is C11H16F6N2O. The highest BCUT2D eigenvalue weighted by atomic mass is 19.4. The molecule has 118 valence electrons. The molecule has 0 aromatic carbocycles. The van der Waals surface area contributed by atoms with Crippen LogP contribution >= 0.6 is 0 Å². The third kappa shape index (κ3) is 5.18. The lowest BCUT2D eigenvalue weighted by Crippen LogP contribution is -2.48. The van der Waals surface area contributed by atoms with Gasteiger partial charge in [-0.15, -0.1) is 0 Å². The first kappa shape index (κ1) is 17.1. The van der Waals surface area contributed by atoms with Crippen molar-refractivity contribution in [1.29, 1.82) is 0 Å². The van der Waals surface area contributed by atoms with Gasteiger partial charge in [0.2, 0.25) is 11.8 Å². The third-order valence-electron chi connectivity index (χ3n) is 3.17. The van der Waals surface area contributed by atoms with E-state index in [0.717, 1.165) is 19.4 Å². The summed E-state index contributed by atoms with van der Waals surface area (Å²) in [5.74, 6) is -5.83. The fraction of sp³-hybridized carbons (Fsp3) is 0.909. The first-order chi connectivity index (χ1) is 9.12. The summed E-state index contributed by atoms with van der Waals surface area (Å²) in [4.78, 5) is 11.1. The van der Waals surface area contributed by atoms with E-state index in [1.165, 1.54) is 0 Å². The minimum absolute atomic E-state index is 0.166. The van der Waals surface area contributed by atoms with Gasteiger partial charge in [0.1, 0.15) is 0 Å². The number of nitrogens with one attached hydrogen (secondary N) is 2. The normalized spacial score (nSPS) is 21.1. The van der Waals surface area contributed by atoms with E-state index in [-0.39, 0.29) is 12.5 Å². The smallest absolute Gasteiger partial charge is 0.355 e. The minimum atomic E-state index is -5.63. The average Bonchev–Trinajstić information content (AvgIpc) is 2.26. The summed E-state index contributed by atoms with van der Waals surface area (Å²) in [6.07, 6.45) is -9.14. The summed E-state index contributed by atoms with van der Waals surface area (Å²) in [5, 5.41) is 4.81. The molecule has 1 aliphatic heterocycles. The Morgan fingerprint density at radius 2 is 1.80 bits per heavy atom. The molecule has 0 saturated carbocycles. The second kappa shape index (κ2) is 6.64. The van der Waals surface area contributed by atoms with Gasteiger partial charge in [0.05, 0.1) is 0 Å². The van der Waals surface area contributed by atoms with E-state index in [1.807, 2.05) is 0 Å². The zero-order valence-electron chi connectivity index (χ0n) is 10.6. The van der Waals surface area contributed by atoms with Gasteiger partial charge in [-0.1, -0.05) is 0 Å². The molecule has 1 rings (SSSR count). The third-order valence-corrected chi connectivity index (χ3v) is 3.17. The molecule has 0 aromatic rings. The van der Waals surface area contributed by atoms with Gasteiger partial charge in [-0.25, -0.2) is 0 Å². The van der Waals surface area contributed by atoms with E-state index in [2.05, 4.69) is 5.32 Å². The van der Waals surface area contributed by atoms with Crippen molar-refractivity contribution in [1.82, 2.24) is 10.6 Å². The van der Waals surface area contributed by atoms with Crippen LogP contribution in [-0.4, -0.2) is 37.9 Å². The number of hydrogen-bond donors (Lipinski definition) is 2. The topological polar surface area (TPSA) is 41.1 Å². The number of rotatable bonds is 4. The van der Waals surface area contributed by atoms with Gasteiger partial charge in [-0.2, -0.15) is 26.3 Å². The molecule has 9 heteroatoms. The summed E-state index contributed by atoms with van der Waals surface area (Å²) in [5.41, 5.74) is 0. The minimum Gasteiger partial charge on any atom is -0.355 e. The molecule has 0 radical (unpaired) electrons. The predicted octanol–water partition coefficient (Wildman–Crippen LogP) is 2.23. The highest BCUT2D eigenvalue weighted by Crippen LogP contribution is 2.39. The lowest BCUT2D eigenvalue weighted by molar-refractivity contribution is -0.274. The molecule has 3 nitrogen and oxygen atoms in total. The Bertz CT molecular complexity index is 308. The lowest BCUT2D eigenvalue weighted by atomic mass is 9.96. The molecule has 1 aliphatic rings. The summed E-state index contributed by atoms with van der Waals surface area (Å²) in [7, 11) is 0. The van der Waals surface area contributed by atoms with E-state index in [0.29, 0.717) is 13.0 Å². The Labute approximate surface area is 112 Å². The van der Waals surface area contributed by atoms with Crippen LogP contribution < -0.4 is 10.6 Å². The first-order valence-corrected chi connectivity index (χ1v) is 6.24. The highest BCUT2D eigenvalue weighted by Gasteiger charge is 2.60. The fourth-order valence-corrected chi connectivity index (χ4v) is 2.15. The number of piperidine rings is 1. The van der Waals surface area contributed by atoms with Gasteiger partial charge in [-0.3, -0.25) is 4.79 Å². The number of alkyl halides is 6. The van der Waals surface area contributed by atoms with Crippen molar-refractivity contribution in [3.8, 4) is 0 Å². The van der Waals surface area contributed by atoms with Gasteiger partial charge < -0.3 is 10.6 Å². The van der Waals surface area contributed by atoms with E-state index < -0.39 is 24.2 Å². The quantitative estimate of drug-likeness (QED) is 0.782. The second-order valence-corrected chi connectivity index (χ2v) is 4.81. The summed E-state index contributed by atoms with van der Waals surface area (Å²) in [6.45, 7) is 1.33. The van der Waals surface area contributed by atoms with E-state index >= 15 is 0 Å². The molecule has 20 heavy (non-hydrogen) atoms. The van der Waals surface area contributed by atoms with Crippen molar-refractivity contribution in [3.05, 3.63) is 0 Å². The molecule has 2 N–H and O–H groups in total. The van der Waals surface area contributed by atoms with Crippen molar-refractivity contribution in [3.63, 3.8) is 0 Å². The molecule has 1 fully saturated rings. The molecule has 1 atom stereocenters. The molecule has 0 aliphatic carbocycles. The van der Waals surface area contributed by atoms with Gasteiger partial charge in [0.15, 0.2) is 0 Å². The summed E-state index contributed by atoms with van der Waals surface area (Å²) in [6, 6.07) is 0. The maximum Gasteiger partial charge on any atom is 0.409 e. The largest absolute Gasteiger partial charge is 0.409 e. The van der Waals surface area contributed by atoms with E-state index in [4.69, 9.17) is 0 Å². The van der Waals surface area contributed by atoms with Crippen molar-refractivity contribution in [2.24, 2.45) is 11.8 Å². The van der Waals surface area contributed by atoms with Crippen molar-refractivity contribution >= 4 is 5.91 Å². The second-order valence-electron chi connectivity index (χ2n) is 4.81. The van der Waals surface area contributed by atoms with Gasteiger partial charge in [-0.05, 0) is 38.3 Å². The Kier molecular flexibility index (Phi) is 5.67. The van der Waals surface area contributed by atoms with Crippen LogP contribution in [0.3, 0.4) is 0 Å². The molecule has 0 aromatic heterocycles. The Hall–Kier alpha value is -0.990. The fourth-order valence-electron chi connectivity index (χ4n) is 2.15. The van der Waals surface area contributed by atoms with Crippen LogP contribution in [0.5, 0.6) is 0 Å². The molecule has 0 spiro atoms. The Balaban J connectivity index is 2.46. The Morgan fingerprint density at radius 1 is 1.20 bits per heavy atom. The van der Waals surface area contributed by atoms with Crippen LogP contribution in [0.2, 0.25) is 0 Å². The van der Waals surface area contributed by atoms with Gasteiger partial charge in [0, 0.05) is 6.54 Å². The maximum absolute atomic E-state index is 12.3. The average molecular weight is 306 g/mol. The molecular weight excluding hydrogens is 290 g/mol.